The van der Waals surface area contributed by atoms with Gasteiger partial charge >= 0.3 is 0 Å². The van der Waals surface area contributed by atoms with Gasteiger partial charge in [0.2, 0.25) is 0 Å². The number of rotatable bonds is 5. The first kappa shape index (κ1) is 13.4. The maximum absolute atomic E-state index is 3.65. The summed E-state index contributed by atoms with van der Waals surface area (Å²) >= 11 is 0. The van der Waals surface area contributed by atoms with E-state index in [1.165, 1.54) is 36.0 Å². The second-order valence-corrected chi connectivity index (χ2v) is 5.42. The van der Waals surface area contributed by atoms with Gasteiger partial charge in [-0.2, -0.15) is 0 Å². The summed E-state index contributed by atoms with van der Waals surface area (Å²) in [6, 6.07) is 7.33. The van der Waals surface area contributed by atoms with Crippen molar-refractivity contribution in [3.05, 3.63) is 46.5 Å². The standard InChI is InChI=1S/C17H25N/c1-4-18-17(15-7-5-6-8-15)12-16-11-13(2)9-10-14(16)3/h7,9-11,17-18H,4-6,8,12H2,1-3H3. The van der Waals surface area contributed by atoms with E-state index in [9.17, 15) is 0 Å². The van der Waals surface area contributed by atoms with Gasteiger partial charge in [-0.05, 0) is 57.2 Å². The second-order valence-electron chi connectivity index (χ2n) is 5.42. The van der Waals surface area contributed by atoms with Crippen LogP contribution in [0.15, 0.2) is 29.8 Å². The predicted octanol–water partition coefficient (Wildman–Crippen LogP) is 3.93. The Kier molecular flexibility index (Phi) is 4.60. The van der Waals surface area contributed by atoms with Gasteiger partial charge in [-0.25, -0.2) is 0 Å². The number of hydrogen-bond acceptors (Lipinski definition) is 1. The van der Waals surface area contributed by atoms with Crippen LogP contribution in [0.25, 0.3) is 0 Å². The van der Waals surface area contributed by atoms with Crippen LogP contribution in [0.2, 0.25) is 0 Å². The minimum absolute atomic E-state index is 0.540. The molecule has 0 spiro atoms. The highest BCUT2D eigenvalue weighted by Gasteiger charge is 2.17. The fourth-order valence-electron chi connectivity index (χ4n) is 2.83. The van der Waals surface area contributed by atoms with Gasteiger partial charge in [0.15, 0.2) is 0 Å². The smallest absolute Gasteiger partial charge is 0.0320 e. The summed E-state index contributed by atoms with van der Waals surface area (Å²) in [5.41, 5.74) is 5.90. The molecule has 1 heteroatoms. The van der Waals surface area contributed by atoms with Gasteiger partial charge in [0.05, 0.1) is 0 Å². The highest BCUT2D eigenvalue weighted by Crippen LogP contribution is 2.24. The summed E-state index contributed by atoms with van der Waals surface area (Å²) in [4.78, 5) is 0. The maximum atomic E-state index is 3.65. The largest absolute Gasteiger partial charge is 0.310 e. The van der Waals surface area contributed by atoms with E-state index in [1.807, 2.05) is 0 Å². The Morgan fingerprint density at radius 2 is 2.11 bits per heavy atom. The molecule has 1 atom stereocenters. The van der Waals surface area contributed by atoms with E-state index < -0.39 is 0 Å². The Morgan fingerprint density at radius 3 is 2.78 bits per heavy atom. The fraction of sp³-hybridized carbons (Fsp3) is 0.529. The highest BCUT2D eigenvalue weighted by molar-refractivity contribution is 5.33. The number of likely N-dealkylation sites (N-methyl/N-ethyl adjacent to an activating group) is 1. The normalized spacial score (nSPS) is 16.7. The molecule has 1 nitrogen and oxygen atoms in total. The number of hydrogen-bond donors (Lipinski definition) is 1. The van der Waals surface area contributed by atoms with Crippen molar-refractivity contribution in [1.82, 2.24) is 5.32 Å². The van der Waals surface area contributed by atoms with Crippen LogP contribution >= 0.6 is 0 Å². The quantitative estimate of drug-likeness (QED) is 0.773. The van der Waals surface area contributed by atoms with Gasteiger partial charge in [-0.3, -0.25) is 0 Å². The van der Waals surface area contributed by atoms with Gasteiger partial charge in [-0.15, -0.1) is 0 Å². The van der Waals surface area contributed by atoms with E-state index in [0.29, 0.717) is 6.04 Å². The average molecular weight is 243 g/mol. The fourth-order valence-corrected chi connectivity index (χ4v) is 2.83. The molecule has 1 unspecified atom stereocenters. The van der Waals surface area contributed by atoms with Gasteiger partial charge in [-0.1, -0.05) is 42.3 Å². The Morgan fingerprint density at radius 1 is 1.28 bits per heavy atom. The summed E-state index contributed by atoms with van der Waals surface area (Å²) in [6.07, 6.45) is 7.46. The third-order valence-corrected chi connectivity index (χ3v) is 3.90. The van der Waals surface area contributed by atoms with Crippen molar-refractivity contribution in [2.45, 2.75) is 52.5 Å². The number of aryl methyl sites for hydroxylation is 2. The third kappa shape index (κ3) is 3.23. The molecular weight excluding hydrogens is 218 g/mol. The van der Waals surface area contributed by atoms with Crippen LogP contribution < -0.4 is 5.32 Å². The molecule has 0 aromatic heterocycles. The van der Waals surface area contributed by atoms with Crippen LogP contribution in [0, 0.1) is 13.8 Å². The van der Waals surface area contributed by atoms with Crippen molar-refractivity contribution in [2.24, 2.45) is 0 Å². The monoisotopic (exact) mass is 243 g/mol. The van der Waals surface area contributed by atoms with Crippen LogP contribution in [-0.2, 0) is 6.42 Å². The van der Waals surface area contributed by atoms with Crippen molar-refractivity contribution in [2.75, 3.05) is 6.54 Å². The SMILES string of the molecule is CCNC(Cc1cc(C)ccc1C)C1=CCCC1. The van der Waals surface area contributed by atoms with E-state index in [2.05, 4.69) is 50.4 Å². The molecule has 0 amide bonds. The van der Waals surface area contributed by atoms with Crippen LogP contribution in [0.5, 0.6) is 0 Å². The predicted molar refractivity (Wildman–Crippen MR) is 79.0 cm³/mol. The Bertz CT molecular complexity index is 431. The zero-order valence-electron chi connectivity index (χ0n) is 11.9. The highest BCUT2D eigenvalue weighted by atomic mass is 14.9. The first-order chi connectivity index (χ1) is 8.70. The summed E-state index contributed by atoms with van der Waals surface area (Å²) < 4.78 is 0. The molecule has 0 saturated heterocycles. The van der Waals surface area contributed by atoms with Gasteiger partial charge in [0, 0.05) is 6.04 Å². The van der Waals surface area contributed by atoms with Crippen LogP contribution in [0.4, 0.5) is 0 Å². The van der Waals surface area contributed by atoms with E-state index in [0.717, 1.165) is 13.0 Å². The Hall–Kier alpha value is -1.08. The molecule has 1 aromatic rings. The van der Waals surface area contributed by atoms with E-state index in [4.69, 9.17) is 0 Å². The lowest BCUT2D eigenvalue weighted by Crippen LogP contribution is -2.32. The molecule has 0 radical (unpaired) electrons. The first-order valence-corrected chi connectivity index (χ1v) is 7.19. The molecule has 1 N–H and O–H groups in total. The number of nitrogens with one attached hydrogen (secondary N) is 1. The number of allylic oxidation sites excluding steroid dienone is 1. The molecule has 18 heavy (non-hydrogen) atoms. The Labute approximate surface area is 111 Å². The lowest BCUT2D eigenvalue weighted by molar-refractivity contribution is 0.573. The number of benzene rings is 1. The van der Waals surface area contributed by atoms with Crippen molar-refractivity contribution in [3.8, 4) is 0 Å². The van der Waals surface area contributed by atoms with Gasteiger partial charge < -0.3 is 5.32 Å². The molecule has 2 rings (SSSR count). The van der Waals surface area contributed by atoms with Crippen molar-refractivity contribution >= 4 is 0 Å². The molecule has 0 fully saturated rings. The van der Waals surface area contributed by atoms with Crippen LogP contribution in [0.3, 0.4) is 0 Å². The summed E-state index contributed by atoms with van der Waals surface area (Å²) in [6.45, 7) is 7.65. The lowest BCUT2D eigenvalue weighted by atomic mass is 9.94. The zero-order chi connectivity index (χ0) is 13.0. The molecule has 0 aliphatic heterocycles. The molecule has 1 aliphatic rings. The topological polar surface area (TPSA) is 12.0 Å². The molecule has 0 heterocycles. The first-order valence-electron chi connectivity index (χ1n) is 7.19. The van der Waals surface area contributed by atoms with Gasteiger partial charge in [0.25, 0.3) is 0 Å². The van der Waals surface area contributed by atoms with Crippen LogP contribution in [0.1, 0.15) is 42.9 Å². The van der Waals surface area contributed by atoms with E-state index in [-0.39, 0.29) is 0 Å². The van der Waals surface area contributed by atoms with Crippen LogP contribution in [-0.4, -0.2) is 12.6 Å². The lowest BCUT2D eigenvalue weighted by Gasteiger charge is -2.21. The maximum Gasteiger partial charge on any atom is 0.0320 e. The van der Waals surface area contributed by atoms with E-state index in [1.54, 1.807) is 5.57 Å². The summed E-state index contributed by atoms with van der Waals surface area (Å²) in [5, 5.41) is 3.65. The minimum Gasteiger partial charge on any atom is -0.310 e. The Balaban J connectivity index is 2.15. The summed E-state index contributed by atoms with van der Waals surface area (Å²) in [5.74, 6) is 0. The molecule has 1 aliphatic carbocycles. The minimum atomic E-state index is 0.540. The van der Waals surface area contributed by atoms with Crippen molar-refractivity contribution < 1.29 is 0 Å². The average Bonchev–Trinajstić information content (AvgIpc) is 2.87. The molecule has 0 bridgehead atoms. The second kappa shape index (κ2) is 6.19. The van der Waals surface area contributed by atoms with Gasteiger partial charge in [0.1, 0.15) is 0 Å². The molecule has 0 saturated carbocycles. The summed E-state index contributed by atoms with van der Waals surface area (Å²) in [7, 11) is 0. The molecule has 1 aromatic carbocycles. The van der Waals surface area contributed by atoms with Crippen molar-refractivity contribution in [1.29, 1.82) is 0 Å². The molecular formula is C17H25N. The third-order valence-electron chi connectivity index (χ3n) is 3.90. The van der Waals surface area contributed by atoms with Crippen molar-refractivity contribution in [3.63, 3.8) is 0 Å². The molecule has 98 valence electrons. The van der Waals surface area contributed by atoms with E-state index >= 15 is 0 Å². The zero-order valence-corrected chi connectivity index (χ0v) is 11.9.